The SMILES string of the molecule is CCN1CC(=Nc2ccc(CO)cc2)C(C(C)=O)C(c2nc3ccccc3o2)=N1. The smallest absolute Gasteiger partial charge is 0.244 e. The number of hydrazone groups is 1. The third-order valence-electron chi connectivity index (χ3n) is 4.88. The third kappa shape index (κ3) is 3.82. The molecule has 7 nitrogen and oxygen atoms in total. The molecule has 1 atom stereocenters. The normalized spacial score (nSPS) is 18.3. The molecule has 0 amide bonds. The van der Waals surface area contributed by atoms with E-state index in [0.717, 1.165) is 16.8 Å². The Morgan fingerprint density at radius 3 is 2.66 bits per heavy atom. The largest absolute Gasteiger partial charge is 0.435 e. The van der Waals surface area contributed by atoms with Crippen molar-refractivity contribution >= 4 is 34.0 Å². The van der Waals surface area contributed by atoms with Gasteiger partial charge in [-0.2, -0.15) is 5.10 Å². The van der Waals surface area contributed by atoms with E-state index in [9.17, 15) is 9.90 Å². The van der Waals surface area contributed by atoms with E-state index in [1.807, 2.05) is 60.5 Å². The van der Waals surface area contributed by atoms with Gasteiger partial charge in [0.1, 0.15) is 22.9 Å². The highest BCUT2D eigenvalue weighted by molar-refractivity contribution is 6.27. The fourth-order valence-corrected chi connectivity index (χ4v) is 3.38. The van der Waals surface area contributed by atoms with Crippen LogP contribution in [0.1, 0.15) is 25.3 Å². The summed E-state index contributed by atoms with van der Waals surface area (Å²) >= 11 is 0. The fourth-order valence-electron chi connectivity index (χ4n) is 3.38. The van der Waals surface area contributed by atoms with E-state index in [2.05, 4.69) is 10.1 Å². The average Bonchev–Trinajstić information content (AvgIpc) is 3.17. The Kier molecular flexibility index (Phi) is 5.22. The first kappa shape index (κ1) is 19.0. The van der Waals surface area contributed by atoms with E-state index in [0.29, 0.717) is 36.0 Å². The van der Waals surface area contributed by atoms with Gasteiger partial charge in [-0.1, -0.05) is 24.3 Å². The Labute approximate surface area is 168 Å². The number of aromatic nitrogens is 1. The van der Waals surface area contributed by atoms with Gasteiger partial charge in [-0.25, -0.2) is 4.98 Å². The molecule has 0 aliphatic carbocycles. The summed E-state index contributed by atoms with van der Waals surface area (Å²) in [5.74, 6) is -0.344. The summed E-state index contributed by atoms with van der Waals surface area (Å²) in [6, 6.07) is 14.8. The van der Waals surface area contributed by atoms with Crippen LogP contribution in [0.15, 0.2) is 63.0 Å². The molecule has 0 radical (unpaired) electrons. The van der Waals surface area contributed by atoms with Gasteiger partial charge in [0.2, 0.25) is 5.89 Å². The molecule has 2 aromatic carbocycles. The minimum atomic E-state index is -0.622. The molecule has 0 bridgehead atoms. The molecular weight excluding hydrogens is 368 g/mol. The quantitative estimate of drug-likeness (QED) is 0.721. The zero-order valence-electron chi connectivity index (χ0n) is 16.4. The minimum Gasteiger partial charge on any atom is -0.435 e. The van der Waals surface area contributed by atoms with Gasteiger partial charge in [0, 0.05) is 6.54 Å². The molecule has 7 heteroatoms. The lowest BCUT2D eigenvalue weighted by Crippen LogP contribution is -2.43. The highest BCUT2D eigenvalue weighted by Gasteiger charge is 2.36. The van der Waals surface area contributed by atoms with Crippen molar-refractivity contribution in [2.24, 2.45) is 16.0 Å². The molecule has 1 unspecified atom stereocenters. The number of nitrogens with zero attached hydrogens (tertiary/aromatic N) is 4. The van der Waals surface area contributed by atoms with Crippen molar-refractivity contribution in [3.05, 3.63) is 60.0 Å². The lowest BCUT2D eigenvalue weighted by molar-refractivity contribution is -0.117. The molecule has 3 aromatic rings. The van der Waals surface area contributed by atoms with Crippen LogP contribution in [0.2, 0.25) is 0 Å². The van der Waals surface area contributed by atoms with Crippen LogP contribution in [-0.4, -0.2) is 45.4 Å². The molecule has 2 heterocycles. The van der Waals surface area contributed by atoms with Crippen molar-refractivity contribution in [1.82, 2.24) is 9.99 Å². The third-order valence-corrected chi connectivity index (χ3v) is 4.88. The zero-order valence-corrected chi connectivity index (χ0v) is 16.4. The average molecular weight is 390 g/mol. The predicted molar refractivity (Wildman–Crippen MR) is 111 cm³/mol. The standard InChI is InChI=1S/C22H22N4O3/c1-3-26-12-18(23-16-10-8-15(13-27)9-11-16)20(14(2)28)21(25-26)22-24-17-6-4-5-7-19(17)29-22/h4-11,20,27H,3,12-13H2,1-2H3. The van der Waals surface area contributed by atoms with Crippen molar-refractivity contribution in [2.75, 3.05) is 13.1 Å². The number of aliphatic hydroxyl groups excluding tert-OH is 1. The number of hydrogen-bond donors (Lipinski definition) is 1. The van der Waals surface area contributed by atoms with Gasteiger partial charge in [-0.3, -0.25) is 14.8 Å². The molecule has 4 rings (SSSR count). The molecule has 0 saturated carbocycles. The van der Waals surface area contributed by atoms with Crippen molar-refractivity contribution in [2.45, 2.75) is 20.5 Å². The van der Waals surface area contributed by atoms with Crippen molar-refractivity contribution in [3.63, 3.8) is 0 Å². The van der Waals surface area contributed by atoms with Crippen LogP contribution in [0.3, 0.4) is 0 Å². The molecule has 0 saturated heterocycles. The van der Waals surface area contributed by atoms with Crippen LogP contribution in [-0.2, 0) is 11.4 Å². The maximum Gasteiger partial charge on any atom is 0.244 e. The molecular formula is C22H22N4O3. The first-order chi connectivity index (χ1) is 14.1. The number of aliphatic imine (C=N–C) groups is 1. The lowest BCUT2D eigenvalue weighted by Gasteiger charge is -2.29. The number of carbonyl (C=O) groups is 1. The second-order valence-corrected chi connectivity index (χ2v) is 6.92. The summed E-state index contributed by atoms with van der Waals surface area (Å²) in [7, 11) is 0. The Balaban J connectivity index is 1.79. The summed E-state index contributed by atoms with van der Waals surface area (Å²) in [5, 5.41) is 15.7. The molecule has 1 aromatic heterocycles. The number of hydrogen-bond acceptors (Lipinski definition) is 7. The van der Waals surface area contributed by atoms with E-state index in [1.54, 1.807) is 0 Å². The summed E-state index contributed by atoms with van der Waals surface area (Å²) in [5.41, 5.74) is 4.08. The minimum absolute atomic E-state index is 0.0228. The lowest BCUT2D eigenvalue weighted by atomic mass is 9.91. The van der Waals surface area contributed by atoms with Crippen molar-refractivity contribution in [3.8, 4) is 0 Å². The number of aliphatic hydroxyl groups is 1. The number of Topliss-reactive ketones (excluding diaryl/α,β-unsaturated/α-hetero) is 1. The number of ketones is 1. The van der Waals surface area contributed by atoms with Crippen molar-refractivity contribution < 1.29 is 14.3 Å². The Bertz CT molecular complexity index is 1070. The molecule has 148 valence electrons. The highest BCUT2D eigenvalue weighted by atomic mass is 16.3. The number of rotatable bonds is 5. The molecule has 1 aliphatic rings. The highest BCUT2D eigenvalue weighted by Crippen LogP contribution is 2.25. The van der Waals surface area contributed by atoms with Crippen LogP contribution in [0.5, 0.6) is 0 Å². The number of para-hydroxylation sites is 2. The monoisotopic (exact) mass is 390 g/mol. The van der Waals surface area contributed by atoms with Gasteiger partial charge in [-0.05, 0) is 43.7 Å². The number of oxazole rings is 1. The van der Waals surface area contributed by atoms with E-state index in [-0.39, 0.29) is 12.4 Å². The summed E-state index contributed by atoms with van der Waals surface area (Å²) < 4.78 is 5.91. The molecule has 0 spiro atoms. The van der Waals surface area contributed by atoms with E-state index < -0.39 is 5.92 Å². The summed E-state index contributed by atoms with van der Waals surface area (Å²) in [6.07, 6.45) is 0. The van der Waals surface area contributed by atoms with Gasteiger partial charge in [0.05, 0.1) is 24.6 Å². The van der Waals surface area contributed by atoms with E-state index in [4.69, 9.17) is 9.41 Å². The molecule has 0 fully saturated rings. The first-order valence-corrected chi connectivity index (χ1v) is 9.56. The van der Waals surface area contributed by atoms with Crippen molar-refractivity contribution in [1.29, 1.82) is 0 Å². The van der Waals surface area contributed by atoms with E-state index in [1.165, 1.54) is 6.92 Å². The summed E-state index contributed by atoms with van der Waals surface area (Å²) in [6.45, 7) is 4.62. The van der Waals surface area contributed by atoms with Gasteiger partial charge in [-0.15, -0.1) is 0 Å². The second-order valence-electron chi connectivity index (χ2n) is 6.92. The van der Waals surface area contributed by atoms with Gasteiger partial charge in [0.15, 0.2) is 5.58 Å². The van der Waals surface area contributed by atoms with Crippen LogP contribution < -0.4 is 0 Å². The van der Waals surface area contributed by atoms with Crippen LogP contribution >= 0.6 is 0 Å². The fraction of sp³-hybridized carbons (Fsp3) is 0.273. The molecule has 29 heavy (non-hydrogen) atoms. The van der Waals surface area contributed by atoms with Crippen LogP contribution in [0.4, 0.5) is 5.69 Å². The van der Waals surface area contributed by atoms with Crippen LogP contribution in [0.25, 0.3) is 11.1 Å². The number of benzene rings is 2. The summed E-state index contributed by atoms with van der Waals surface area (Å²) in [4.78, 5) is 21.9. The maximum absolute atomic E-state index is 12.6. The van der Waals surface area contributed by atoms with Gasteiger partial charge < -0.3 is 9.52 Å². The first-order valence-electron chi connectivity index (χ1n) is 9.56. The Hall–Kier alpha value is -3.32. The van der Waals surface area contributed by atoms with Crippen LogP contribution in [0, 0.1) is 5.92 Å². The molecule has 1 aliphatic heterocycles. The number of carbonyl (C=O) groups excluding carboxylic acids is 1. The topological polar surface area (TPSA) is 91.3 Å². The number of fused-ring (bicyclic) bond motifs is 1. The van der Waals surface area contributed by atoms with E-state index >= 15 is 0 Å². The maximum atomic E-state index is 12.6. The molecule has 1 N–H and O–H groups in total. The van der Waals surface area contributed by atoms with Gasteiger partial charge in [0.25, 0.3) is 0 Å². The zero-order chi connectivity index (χ0) is 20.4. The van der Waals surface area contributed by atoms with Gasteiger partial charge >= 0.3 is 0 Å². The second kappa shape index (κ2) is 7.97. The Morgan fingerprint density at radius 2 is 2.00 bits per heavy atom. The Morgan fingerprint density at radius 1 is 1.24 bits per heavy atom. The predicted octanol–water partition coefficient (Wildman–Crippen LogP) is 3.34.